The number of aromatic nitrogens is 2. The van der Waals surface area contributed by atoms with Crippen molar-refractivity contribution in [1.82, 2.24) is 14.9 Å². The third-order valence-corrected chi connectivity index (χ3v) is 6.99. The van der Waals surface area contributed by atoms with Crippen LogP contribution in [0.1, 0.15) is 36.7 Å². The van der Waals surface area contributed by atoms with Gasteiger partial charge in [-0.25, -0.2) is 13.1 Å². The molecule has 0 unspecified atom stereocenters. The first-order valence-corrected chi connectivity index (χ1v) is 12.3. The Hall–Kier alpha value is -3.98. The molecule has 3 N–H and O–H groups in total. The lowest BCUT2D eigenvalue weighted by Crippen LogP contribution is -2.31. The highest BCUT2D eigenvalue weighted by Gasteiger charge is 2.26. The number of methoxy groups -OCH3 is 1. The molecule has 9 heteroatoms. The zero-order chi connectivity index (χ0) is 25.4. The van der Waals surface area contributed by atoms with Gasteiger partial charge >= 0.3 is 0 Å². The Bertz CT molecular complexity index is 1540. The van der Waals surface area contributed by atoms with E-state index in [1.54, 1.807) is 30.3 Å². The Morgan fingerprint density at radius 3 is 2.49 bits per heavy atom. The maximum atomic E-state index is 13.2. The van der Waals surface area contributed by atoms with Crippen LogP contribution in [0.2, 0.25) is 0 Å². The number of anilines is 1. The van der Waals surface area contributed by atoms with Gasteiger partial charge in [-0.3, -0.25) is 4.79 Å². The van der Waals surface area contributed by atoms with Gasteiger partial charge < -0.3 is 10.5 Å². The predicted molar refractivity (Wildman–Crippen MR) is 136 cm³/mol. The van der Waals surface area contributed by atoms with Gasteiger partial charge in [0.05, 0.1) is 24.7 Å². The van der Waals surface area contributed by atoms with E-state index < -0.39 is 15.9 Å². The molecule has 0 aliphatic rings. The van der Waals surface area contributed by atoms with Gasteiger partial charge in [-0.2, -0.15) is 10.2 Å². The van der Waals surface area contributed by atoms with E-state index in [1.165, 1.54) is 19.4 Å². The summed E-state index contributed by atoms with van der Waals surface area (Å²) in [6, 6.07) is 17.1. The number of nitrogens with zero attached hydrogens (tertiary/aromatic N) is 2. The van der Waals surface area contributed by atoms with Crippen molar-refractivity contribution in [2.24, 2.45) is 0 Å². The molecule has 4 aromatic rings. The van der Waals surface area contributed by atoms with Crippen LogP contribution in [0.15, 0.2) is 71.8 Å². The second-order valence-electron chi connectivity index (χ2n) is 9.17. The van der Waals surface area contributed by atoms with Gasteiger partial charge in [0.15, 0.2) is 0 Å². The fourth-order valence-electron chi connectivity index (χ4n) is 3.75. The number of carbonyl (C=O) groups is 1. The van der Waals surface area contributed by atoms with Gasteiger partial charge in [-0.1, -0.05) is 51.1 Å². The molecule has 180 valence electrons. The summed E-state index contributed by atoms with van der Waals surface area (Å²) in [5.74, 6) is -0.589. The number of fused-ring (bicyclic) bond motifs is 1. The summed E-state index contributed by atoms with van der Waals surface area (Å²) in [5, 5.41) is 9.61. The summed E-state index contributed by atoms with van der Waals surface area (Å²) in [7, 11) is -2.81. The summed E-state index contributed by atoms with van der Waals surface area (Å²) in [5.41, 5.74) is 8.43. The third kappa shape index (κ3) is 4.95. The van der Waals surface area contributed by atoms with Gasteiger partial charge in [0, 0.05) is 11.1 Å². The van der Waals surface area contributed by atoms with Crippen molar-refractivity contribution in [3.63, 3.8) is 0 Å². The van der Waals surface area contributed by atoms with E-state index in [9.17, 15) is 13.2 Å². The van der Waals surface area contributed by atoms with Gasteiger partial charge in [-0.15, -0.1) is 0 Å². The third-order valence-electron chi connectivity index (χ3n) is 5.64. The summed E-state index contributed by atoms with van der Waals surface area (Å²) in [4.78, 5) is 12.9. The molecule has 0 aliphatic heterocycles. The average molecular weight is 491 g/mol. The summed E-state index contributed by atoms with van der Waals surface area (Å²) in [6.45, 7) is 5.92. The lowest BCUT2D eigenvalue weighted by atomic mass is 9.87. The molecule has 0 saturated carbocycles. The molecule has 0 aliphatic carbocycles. The Morgan fingerprint density at radius 2 is 1.80 bits per heavy atom. The van der Waals surface area contributed by atoms with Crippen LogP contribution < -0.4 is 15.2 Å². The first-order chi connectivity index (χ1) is 16.5. The van der Waals surface area contributed by atoms with E-state index in [-0.39, 0.29) is 21.6 Å². The lowest BCUT2D eigenvalue weighted by molar-refractivity contribution is 0.0981. The maximum Gasteiger partial charge on any atom is 0.268 e. The molecule has 0 bridgehead atoms. The largest absolute Gasteiger partial charge is 0.495 e. The number of nitrogen functional groups attached to an aromatic ring is 1. The number of nitrogens with one attached hydrogen (secondary N) is 1. The molecule has 0 fully saturated rings. The highest BCUT2D eigenvalue weighted by Crippen LogP contribution is 2.31. The number of carbonyl (C=O) groups excluding carboxylic acids is 1. The molecule has 4 rings (SSSR count). The highest BCUT2D eigenvalue weighted by atomic mass is 32.2. The minimum atomic E-state index is -4.20. The Labute approximate surface area is 204 Å². The van der Waals surface area contributed by atoms with Gasteiger partial charge in [0.2, 0.25) is 0 Å². The molecule has 1 heterocycles. The van der Waals surface area contributed by atoms with E-state index in [1.807, 2.05) is 45.0 Å². The molecule has 0 radical (unpaired) electrons. The van der Waals surface area contributed by atoms with E-state index in [0.29, 0.717) is 11.4 Å². The molecule has 35 heavy (non-hydrogen) atoms. The molecular weight excluding hydrogens is 464 g/mol. The lowest BCUT2D eigenvalue weighted by Gasteiger charge is -2.21. The molecule has 0 saturated heterocycles. The first-order valence-electron chi connectivity index (χ1n) is 10.9. The maximum absolute atomic E-state index is 13.2. The highest BCUT2D eigenvalue weighted by molar-refractivity contribution is 7.90. The summed E-state index contributed by atoms with van der Waals surface area (Å²) < 4.78 is 33.8. The Balaban J connectivity index is 1.69. The number of amides is 1. The van der Waals surface area contributed by atoms with Crippen LogP contribution in [0.3, 0.4) is 0 Å². The molecule has 0 atom stereocenters. The second-order valence-corrected chi connectivity index (χ2v) is 10.8. The minimum absolute atomic E-state index is 0.0934. The first kappa shape index (κ1) is 24.2. The van der Waals surface area contributed by atoms with Crippen LogP contribution in [-0.4, -0.2) is 31.6 Å². The molecule has 1 aromatic heterocycles. The molecule has 0 spiro atoms. The van der Waals surface area contributed by atoms with Gasteiger partial charge in [0.1, 0.15) is 10.6 Å². The van der Waals surface area contributed by atoms with Crippen molar-refractivity contribution in [1.29, 1.82) is 0 Å². The van der Waals surface area contributed by atoms with Crippen molar-refractivity contribution < 1.29 is 17.9 Å². The quantitative estimate of drug-likeness (QED) is 0.427. The molecule has 3 aromatic carbocycles. The van der Waals surface area contributed by atoms with Crippen LogP contribution >= 0.6 is 0 Å². The van der Waals surface area contributed by atoms with E-state index in [2.05, 4.69) is 14.9 Å². The normalized spacial score (nSPS) is 11.9. The second kappa shape index (κ2) is 8.99. The van der Waals surface area contributed by atoms with Crippen molar-refractivity contribution >= 4 is 32.4 Å². The molecule has 1 amide bonds. The standard InChI is InChI=1S/C26H26N4O4S/c1-26(2,3)18-9-11-23(34-4)24(13-18)35(32,33)30-25(31)17-8-10-20-16(12-17)6-5-7-21(20)22-14-19(27)15-28-29-22/h5-15H,1-4H3,(H2,27,29)(H,30,31). The smallest absolute Gasteiger partial charge is 0.268 e. The number of rotatable bonds is 5. The predicted octanol–water partition coefficient (Wildman–Crippen LogP) is 4.30. The number of nitrogens with two attached hydrogens (primary N) is 1. The van der Waals surface area contributed by atoms with Crippen molar-refractivity contribution in [3.05, 3.63) is 78.0 Å². The van der Waals surface area contributed by atoms with Crippen LogP contribution in [0.4, 0.5) is 5.69 Å². The molecular formula is C26H26N4O4S. The van der Waals surface area contributed by atoms with Gasteiger partial charge in [-0.05, 0) is 52.1 Å². The number of benzene rings is 3. The fourth-order valence-corrected chi connectivity index (χ4v) is 4.92. The van der Waals surface area contributed by atoms with E-state index in [4.69, 9.17) is 10.5 Å². The fraction of sp³-hybridized carbons (Fsp3) is 0.192. The summed E-state index contributed by atoms with van der Waals surface area (Å²) in [6.07, 6.45) is 1.46. The number of ether oxygens (including phenoxy) is 1. The van der Waals surface area contributed by atoms with Crippen LogP contribution in [0.25, 0.3) is 22.0 Å². The van der Waals surface area contributed by atoms with Crippen LogP contribution in [0.5, 0.6) is 5.75 Å². The Kier molecular flexibility index (Phi) is 6.21. The van der Waals surface area contributed by atoms with Crippen molar-refractivity contribution in [2.75, 3.05) is 12.8 Å². The zero-order valence-corrected chi connectivity index (χ0v) is 20.7. The SMILES string of the molecule is COc1ccc(C(C)(C)C)cc1S(=O)(=O)NC(=O)c1ccc2c(-c3cc(N)cnn3)cccc2c1. The number of hydrogen-bond donors (Lipinski definition) is 2. The average Bonchev–Trinajstić information content (AvgIpc) is 2.82. The van der Waals surface area contributed by atoms with Gasteiger partial charge in [0.25, 0.3) is 15.9 Å². The zero-order valence-electron chi connectivity index (χ0n) is 19.9. The van der Waals surface area contributed by atoms with Crippen LogP contribution in [0, 0.1) is 0 Å². The van der Waals surface area contributed by atoms with Crippen molar-refractivity contribution in [2.45, 2.75) is 31.1 Å². The topological polar surface area (TPSA) is 124 Å². The van der Waals surface area contributed by atoms with E-state index >= 15 is 0 Å². The molecule has 8 nitrogen and oxygen atoms in total. The van der Waals surface area contributed by atoms with Crippen molar-refractivity contribution in [3.8, 4) is 17.0 Å². The summed E-state index contributed by atoms with van der Waals surface area (Å²) >= 11 is 0. The minimum Gasteiger partial charge on any atom is -0.495 e. The number of sulfonamides is 1. The van der Waals surface area contributed by atoms with Crippen LogP contribution in [-0.2, 0) is 15.4 Å². The van der Waals surface area contributed by atoms with E-state index in [0.717, 1.165) is 21.9 Å². The Morgan fingerprint density at radius 1 is 1.03 bits per heavy atom. The monoisotopic (exact) mass is 490 g/mol. The number of hydrogen-bond acceptors (Lipinski definition) is 7.